The standard InChI is InChI=1S/C18H28N2O/c1-14-7-8-16(17(21)13-14)18(15-5-3-2-4-6-15)20-11-9-19-10-12-20/h7-8,13,15,18-19,21H,2-6,9-12H2,1H3/t18-/m0/s1. The maximum atomic E-state index is 10.5. The van der Waals surface area contributed by atoms with Crippen LogP contribution in [0.15, 0.2) is 18.2 Å². The van der Waals surface area contributed by atoms with E-state index < -0.39 is 0 Å². The summed E-state index contributed by atoms with van der Waals surface area (Å²) >= 11 is 0. The van der Waals surface area contributed by atoms with Gasteiger partial charge in [-0.15, -0.1) is 0 Å². The zero-order valence-electron chi connectivity index (χ0n) is 13.1. The van der Waals surface area contributed by atoms with Gasteiger partial charge in [-0.2, -0.15) is 0 Å². The van der Waals surface area contributed by atoms with Crippen molar-refractivity contribution in [1.29, 1.82) is 0 Å². The van der Waals surface area contributed by atoms with Crippen LogP contribution >= 0.6 is 0 Å². The summed E-state index contributed by atoms with van der Waals surface area (Å²) in [5.74, 6) is 1.19. The van der Waals surface area contributed by atoms with Crippen LogP contribution in [-0.4, -0.2) is 36.2 Å². The van der Waals surface area contributed by atoms with Crippen LogP contribution in [0, 0.1) is 12.8 Å². The molecular formula is C18H28N2O. The summed E-state index contributed by atoms with van der Waals surface area (Å²) < 4.78 is 0. The predicted octanol–water partition coefficient (Wildman–Crippen LogP) is 3.23. The molecule has 3 heteroatoms. The Morgan fingerprint density at radius 2 is 1.86 bits per heavy atom. The molecule has 1 heterocycles. The predicted molar refractivity (Wildman–Crippen MR) is 86.6 cm³/mol. The fourth-order valence-electron chi connectivity index (χ4n) is 4.06. The Hall–Kier alpha value is -1.06. The first-order valence-electron chi connectivity index (χ1n) is 8.50. The first-order chi connectivity index (χ1) is 10.3. The number of hydrogen-bond acceptors (Lipinski definition) is 3. The molecule has 1 saturated heterocycles. The summed E-state index contributed by atoms with van der Waals surface area (Å²) in [5, 5.41) is 13.9. The molecule has 3 rings (SSSR count). The van der Waals surface area contributed by atoms with Crippen LogP contribution in [0.25, 0.3) is 0 Å². The maximum absolute atomic E-state index is 10.5. The molecule has 0 aromatic heterocycles. The monoisotopic (exact) mass is 288 g/mol. The van der Waals surface area contributed by atoms with Crippen LogP contribution in [0.1, 0.15) is 49.3 Å². The van der Waals surface area contributed by atoms with E-state index in [1.807, 2.05) is 13.0 Å². The number of nitrogens with zero attached hydrogens (tertiary/aromatic N) is 1. The SMILES string of the molecule is Cc1ccc([C@H](C2CCCCC2)N2CCNCC2)c(O)c1. The average Bonchev–Trinajstić information content (AvgIpc) is 2.52. The van der Waals surface area contributed by atoms with Crippen LogP contribution in [0.5, 0.6) is 5.75 Å². The number of aryl methyl sites for hydroxylation is 1. The number of hydrogen-bond donors (Lipinski definition) is 2. The van der Waals surface area contributed by atoms with Gasteiger partial charge in [0.2, 0.25) is 0 Å². The summed E-state index contributed by atoms with van der Waals surface area (Å²) in [6.45, 7) is 6.36. The molecule has 1 aromatic rings. The molecular weight excluding hydrogens is 260 g/mol. The highest BCUT2D eigenvalue weighted by Crippen LogP contribution is 2.41. The first kappa shape index (κ1) is 14.9. The summed E-state index contributed by atoms with van der Waals surface area (Å²) in [6, 6.07) is 6.62. The van der Waals surface area contributed by atoms with Gasteiger partial charge in [0.25, 0.3) is 0 Å². The van der Waals surface area contributed by atoms with Gasteiger partial charge in [-0.3, -0.25) is 4.90 Å². The minimum absolute atomic E-state index is 0.396. The molecule has 2 fully saturated rings. The van der Waals surface area contributed by atoms with Gasteiger partial charge in [0.15, 0.2) is 0 Å². The van der Waals surface area contributed by atoms with E-state index in [2.05, 4.69) is 22.3 Å². The van der Waals surface area contributed by atoms with Gasteiger partial charge in [0.1, 0.15) is 5.75 Å². The highest BCUT2D eigenvalue weighted by atomic mass is 16.3. The van der Waals surface area contributed by atoms with Gasteiger partial charge in [0.05, 0.1) is 0 Å². The largest absolute Gasteiger partial charge is 0.508 e. The zero-order chi connectivity index (χ0) is 14.7. The van der Waals surface area contributed by atoms with Gasteiger partial charge >= 0.3 is 0 Å². The Labute approximate surface area is 128 Å². The molecule has 1 atom stereocenters. The fourth-order valence-corrected chi connectivity index (χ4v) is 4.06. The second kappa shape index (κ2) is 6.80. The van der Waals surface area contributed by atoms with Crippen LogP contribution in [0.3, 0.4) is 0 Å². The molecule has 0 spiro atoms. The Kier molecular flexibility index (Phi) is 4.81. The van der Waals surface area contributed by atoms with Crippen LogP contribution in [0.4, 0.5) is 0 Å². The summed E-state index contributed by atoms with van der Waals surface area (Å²) in [7, 11) is 0. The molecule has 1 saturated carbocycles. The van der Waals surface area contributed by atoms with Crippen molar-refractivity contribution in [3.8, 4) is 5.75 Å². The number of nitrogens with one attached hydrogen (secondary N) is 1. The molecule has 3 nitrogen and oxygen atoms in total. The van der Waals surface area contributed by atoms with E-state index in [0.717, 1.165) is 37.3 Å². The third kappa shape index (κ3) is 3.41. The molecule has 2 aliphatic rings. The third-order valence-electron chi connectivity index (χ3n) is 5.15. The number of aromatic hydroxyl groups is 1. The molecule has 21 heavy (non-hydrogen) atoms. The molecule has 0 amide bonds. The molecule has 0 bridgehead atoms. The minimum atomic E-state index is 0.396. The number of phenolic OH excluding ortho intramolecular Hbond substituents is 1. The van der Waals surface area contributed by atoms with E-state index in [0.29, 0.717) is 17.7 Å². The number of piperazine rings is 1. The quantitative estimate of drug-likeness (QED) is 0.896. The average molecular weight is 288 g/mol. The Bertz CT molecular complexity index is 444. The Balaban J connectivity index is 1.89. The van der Waals surface area contributed by atoms with E-state index in [9.17, 15) is 5.11 Å². The van der Waals surface area contributed by atoms with Gasteiger partial charge in [-0.25, -0.2) is 0 Å². The highest BCUT2D eigenvalue weighted by molar-refractivity contribution is 5.38. The van der Waals surface area contributed by atoms with E-state index in [1.165, 1.54) is 32.1 Å². The van der Waals surface area contributed by atoms with Crippen molar-refractivity contribution in [2.75, 3.05) is 26.2 Å². The van der Waals surface area contributed by atoms with Gasteiger partial charge in [-0.05, 0) is 37.3 Å². The topological polar surface area (TPSA) is 35.5 Å². The minimum Gasteiger partial charge on any atom is -0.508 e. The van der Waals surface area contributed by atoms with E-state index in [4.69, 9.17) is 0 Å². The smallest absolute Gasteiger partial charge is 0.120 e. The van der Waals surface area contributed by atoms with Crippen LogP contribution in [-0.2, 0) is 0 Å². The molecule has 0 unspecified atom stereocenters. The van der Waals surface area contributed by atoms with Crippen molar-refractivity contribution < 1.29 is 5.11 Å². The van der Waals surface area contributed by atoms with E-state index in [1.54, 1.807) is 0 Å². The summed E-state index contributed by atoms with van der Waals surface area (Å²) in [5.41, 5.74) is 2.29. The fraction of sp³-hybridized carbons (Fsp3) is 0.667. The lowest BCUT2D eigenvalue weighted by molar-refractivity contribution is 0.101. The highest BCUT2D eigenvalue weighted by Gasteiger charge is 2.32. The lowest BCUT2D eigenvalue weighted by Crippen LogP contribution is -2.47. The summed E-state index contributed by atoms with van der Waals surface area (Å²) in [6.07, 6.45) is 6.69. The van der Waals surface area contributed by atoms with E-state index in [-0.39, 0.29) is 0 Å². The Morgan fingerprint density at radius 3 is 2.52 bits per heavy atom. The lowest BCUT2D eigenvalue weighted by atomic mass is 9.79. The van der Waals surface area contributed by atoms with Crippen molar-refractivity contribution in [2.45, 2.75) is 45.1 Å². The molecule has 1 aliphatic carbocycles. The molecule has 1 aliphatic heterocycles. The number of phenols is 1. The van der Waals surface area contributed by atoms with E-state index >= 15 is 0 Å². The maximum Gasteiger partial charge on any atom is 0.120 e. The van der Waals surface area contributed by atoms with Crippen molar-refractivity contribution in [3.63, 3.8) is 0 Å². The van der Waals surface area contributed by atoms with Crippen molar-refractivity contribution in [3.05, 3.63) is 29.3 Å². The van der Waals surface area contributed by atoms with Crippen molar-refractivity contribution in [2.24, 2.45) is 5.92 Å². The molecule has 116 valence electrons. The number of rotatable bonds is 3. The zero-order valence-corrected chi connectivity index (χ0v) is 13.1. The second-order valence-electron chi connectivity index (χ2n) is 6.69. The molecule has 1 aromatic carbocycles. The number of benzene rings is 1. The van der Waals surface area contributed by atoms with Gasteiger partial charge in [-0.1, -0.05) is 31.4 Å². The first-order valence-corrected chi connectivity index (χ1v) is 8.50. The normalized spacial score (nSPS) is 23.1. The summed E-state index contributed by atoms with van der Waals surface area (Å²) in [4.78, 5) is 2.59. The second-order valence-corrected chi connectivity index (χ2v) is 6.69. The van der Waals surface area contributed by atoms with Crippen molar-refractivity contribution in [1.82, 2.24) is 10.2 Å². The lowest BCUT2D eigenvalue weighted by Gasteiger charge is -2.41. The van der Waals surface area contributed by atoms with Crippen molar-refractivity contribution >= 4 is 0 Å². The molecule has 0 radical (unpaired) electrons. The van der Waals surface area contributed by atoms with Crippen LogP contribution < -0.4 is 5.32 Å². The molecule has 2 N–H and O–H groups in total. The van der Waals surface area contributed by atoms with Gasteiger partial charge < -0.3 is 10.4 Å². The van der Waals surface area contributed by atoms with Crippen LogP contribution in [0.2, 0.25) is 0 Å². The Morgan fingerprint density at radius 1 is 1.14 bits per heavy atom. The van der Waals surface area contributed by atoms with Gasteiger partial charge in [0, 0.05) is 37.8 Å². The third-order valence-corrected chi connectivity index (χ3v) is 5.15.